The Morgan fingerprint density at radius 2 is 2.15 bits per heavy atom. The van der Waals surface area contributed by atoms with E-state index in [1.165, 1.54) is 5.56 Å². The number of oxazole rings is 1. The lowest BCUT2D eigenvalue weighted by Crippen LogP contribution is -2.44. The van der Waals surface area contributed by atoms with Gasteiger partial charge in [0.1, 0.15) is 6.26 Å². The number of benzene rings is 1. The maximum absolute atomic E-state index is 11.9. The molecule has 2 heterocycles. The van der Waals surface area contributed by atoms with E-state index in [1.807, 2.05) is 24.0 Å². The van der Waals surface area contributed by atoms with Crippen LogP contribution in [0.3, 0.4) is 0 Å². The second kappa shape index (κ2) is 4.20. The number of aryl methyl sites for hydroxylation is 1. The van der Waals surface area contributed by atoms with Gasteiger partial charge in [-0.3, -0.25) is 4.79 Å². The zero-order valence-electron chi connectivity index (χ0n) is 12.2. The van der Waals surface area contributed by atoms with Crippen LogP contribution in [0.4, 0.5) is 5.69 Å². The fourth-order valence-corrected chi connectivity index (χ4v) is 3.03. The van der Waals surface area contributed by atoms with Gasteiger partial charge in [-0.15, -0.1) is 0 Å². The summed E-state index contributed by atoms with van der Waals surface area (Å²) >= 11 is 0. The van der Waals surface area contributed by atoms with Crippen LogP contribution in [0.15, 0.2) is 28.9 Å². The number of carbonyl (C=O) groups is 1. The average Bonchev–Trinajstić information content (AvgIpc) is 2.87. The maximum Gasteiger partial charge on any atom is 0.226 e. The number of rotatable bonds is 1. The van der Waals surface area contributed by atoms with Crippen LogP contribution in [0.5, 0.6) is 0 Å². The van der Waals surface area contributed by atoms with Crippen LogP contribution in [0.1, 0.15) is 32.0 Å². The number of anilines is 1. The predicted octanol–water partition coefficient (Wildman–Crippen LogP) is 3.34. The van der Waals surface area contributed by atoms with E-state index in [4.69, 9.17) is 4.42 Å². The summed E-state index contributed by atoms with van der Waals surface area (Å²) in [6.45, 7) is 7.69. The van der Waals surface area contributed by atoms with Crippen LogP contribution < -0.4 is 4.90 Å². The summed E-state index contributed by atoms with van der Waals surface area (Å²) in [6.07, 6.45) is 2.49. The van der Waals surface area contributed by atoms with Crippen LogP contribution in [-0.2, 0) is 11.2 Å². The topological polar surface area (TPSA) is 46.3 Å². The molecule has 2 aromatic rings. The van der Waals surface area contributed by atoms with E-state index < -0.39 is 0 Å². The lowest BCUT2D eigenvalue weighted by Gasteiger charge is -2.31. The van der Waals surface area contributed by atoms with Crippen LogP contribution in [-0.4, -0.2) is 16.4 Å². The van der Waals surface area contributed by atoms with Crippen molar-refractivity contribution in [3.63, 3.8) is 0 Å². The first kappa shape index (κ1) is 12.9. The second-order valence-corrected chi connectivity index (χ2v) is 5.98. The first-order valence-electron chi connectivity index (χ1n) is 6.75. The number of aromatic nitrogens is 1. The second-order valence-electron chi connectivity index (χ2n) is 5.98. The van der Waals surface area contributed by atoms with E-state index in [0.717, 1.165) is 23.4 Å². The van der Waals surface area contributed by atoms with Crippen molar-refractivity contribution in [1.29, 1.82) is 0 Å². The SMILES string of the molecule is CC(=O)N1c2ccc(-c3nc(C)co3)cc2CC1(C)C. The van der Waals surface area contributed by atoms with E-state index in [-0.39, 0.29) is 11.4 Å². The average molecular weight is 270 g/mol. The van der Waals surface area contributed by atoms with Crippen molar-refractivity contribution in [2.24, 2.45) is 0 Å². The highest BCUT2D eigenvalue weighted by Gasteiger charge is 2.38. The molecule has 3 rings (SSSR count). The lowest BCUT2D eigenvalue weighted by atomic mass is 9.98. The van der Waals surface area contributed by atoms with Crippen molar-refractivity contribution < 1.29 is 9.21 Å². The van der Waals surface area contributed by atoms with Gasteiger partial charge in [0.05, 0.1) is 5.69 Å². The summed E-state index contributed by atoms with van der Waals surface area (Å²) in [5, 5.41) is 0. The Bertz CT molecular complexity index is 686. The highest BCUT2D eigenvalue weighted by Crippen LogP contribution is 2.40. The number of hydrogen-bond acceptors (Lipinski definition) is 3. The smallest absolute Gasteiger partial charge is 0.226 e. The number of amides is 1. The standard InChI is InChI=1S/C16H18N2O2/c1-10-9-20-15(17-10)12-5-6-14-13(7-12)8-16(3,4)18(14)11(2)19/h5-7,9H,8H2,1-4H3. The summed E-state index contributed by atoms with van der Waals surface area (Å²) in [5.74, 6) is 0.706. The molecule has 0 radical (unpaired) electrons. The summed E-state index contributed by atoms with van der Waals surface area (Å²) in [5.41, 5.74) is 3.80. The molecule has 4 heteroatoms. The number of hydrogen-bond donors (Lipinski definition) is 0. The third-order valence-corrected chi connectivity index (χ3v) is 3.73. The molecule has 0 atom stereocenters. The number of fused-ring (bicyclic) bond motifs is 1. The Hall–Kier alpha value is -2.10. The van der Waals surface area contributed by atoms with Crippen molar-refractivity contribution in [2.45, 2.75) is 39.7 Å². The highest BCUT2D eigenvalue weighted by molar-refractivity contribution is 5.96. The molecular weight excluding hydrogens is 252 g/mol. The Morgan fingerprint density at radius 1 is 1.40 bits per heavy atom. The minimum Gasteiger partial charge on any atom is -0.444 e. The van der Waals surface area contributed by atoms with E-state index in [1.54, 1.807) is 13.2 Å². The largest absolute Gasteiger partial charge is 0.444 e. The summed E-state index contributed by atoms with van der Waals surface area (Å²) in [7, 11) is 0. The fourth-order valence-electron chi connectivity index (χ4n) is 3.03. The van der Waals surface area contributed by atoms with Gasteiger partial charge < -0.3 is 9.32 Å². The van der Waals surface area contributed by atoms with Gasteiger partial charge in [-0.05, 0) is 51.0 Å². The first-order valence-corrected chi connectivity index (χ1v) is 6.75. The third kappa shape index (κ3) is 1.92. The molecule has 0 saturated heterocycles. The maximum atomic E-state index is 11.9. The molecule has 0 aliphatic carbocycles. The predicted molar refractivity (Wildman–Crippen MR) is 77.6 cm³/mol. The Kier molecular flexibility index (Phi) is 2.71. The molecule has 1 aromatic heterocycles. The molecule has 4 nitrogen and oxygen atoms in total. The van der Waals surface area contributed by atoms with E-state index in [0.29, 0.717) is 5.89 Å². The minimum absolute atomic E-state index is 0.0773. The zero-order chi connectivity index (χ0) is 14.5. The Balaban J connectivity index is 2.06. The van der Waals surface area contributed by atoms with Gasteiger partial charge in [0.25, 0.3) is 0 Å². The molecule has 0 unspecified atom stereocenters. The first-order chi connectivity index (χ1) is 9.38. The molecule has 1 aromatic carbocycles. The van der Waals surface area contributed by atoms with E-state index >= 15 is 0 Å². The van der Waals surface area contributed by atoms with Crippen LogP contribution >= 0.6 is 0 Å². The van der Waals surface area contributed by atoms with Crippen molar-refractivity contribution in [1.82, 2.24) is 4.98 Å². The minimum atomic E-state index is -0.181. The van der Waals surface area contributed by atoms with Gasteiger partial charge >= 0.3 is 0 Å². The number of carbonyl (C=O) groups excluding carboxylic acids is 1. The molecule has 1 aliphatic heterocycles. The van der Waals surface area contributed by atoms with Crippen molar-refractivity contribution in [2.75, 3.05) is 4.90 Å². The summed E-state index contributed by atoms with van der Waals surface area (Å²) in [4.78, 5) is 18.1. The molecule has 104 valence electrons. The van der Waals surface area contributed by atoms with Crippen LogP contribution in [0.25, 0.3) is 11.5 Å². The quantitative estimate of drug-likeness (QED) is 0.798. The van der Waals surface area contributed by atoms with E-state index in [9.17, 15) is 4.79 Å². The third-order valence-electron chi connectivity index (χ3n) is 3.73. The van der Waals surface area contributed by atoms with Crippen molar-refractivity contribution >= 4 is 11.6 Å². The van der Waals surface area contributed by atoms with Gasteiger partial charge in [0.2, 0.25) is 11.8 Å². The summed E-state index contributed by atoms with van der Waals surface area (Å²) in [6, 6.07) is 6.02. The monoisotopic (exact) mass is 270 g/mol. The molecular formula is C16H18N2O2. The fraction of sp³-hybridized carbons (Fsp3) is 0.375. The Morgan fingerprint density at radius 3 is 2.75 bits per heavy atom. The van der Waals surface area contributed by atoms with Crippen LogP contribution in [0, 0.1) is 6.92 Å². The van der Waals surface area contributed by atoms with Gasteiger partial charge in [-0.2, -0.15) is 0 Å². The molecule has 0 N–H and O–H groups in total. The van der Waals surface area contributed by atoms with Crippen molar-refractivity contribution in [3.8, 4) is 11.5 Å². The molecule has 0 fully saturated rings. The molecule has 1 aliphatic rings. The molecule has 20 heavy (non-hydrogen) atoms. The van der Waals surface area contributed by atoms with Gasteiger partial charge in [-0.25, -0.2) is 4.98 Å². The van der Waals surface area contributed by atoms with E-state index in [2.05, 4.69) is 24.9 Å². The van der Waals surface area contributed by atoms with Crippen LogP contribution in [0.2, 0.25) is 0 Å². The zero-order valence-corrected chi connectivity index (χ0v) is 12.2. The highest BCUT2D eigenvalue weighted by atomic mass is 16.3. The van der Waals surface area contributed by atoms with Gasteiger partial charge in [0, 0.05) is 23.7 Å². The molecule has 1 amide bonds. The number of nitrogens with zero attached hydrogens (tertiary/aromatic N) is 2. The van der Waals surface area contributed by atoms with Gasteiger partial charge in [0.15, 0.2) is 0 Å². The normalized spacial score (nSPS) is 16.3. The molecule has 0 saturated carbocycles. The molecule has 0 bridgehead atoms. The lowest BCUT2D eigenvalue weighted by molar-refractivity contribution is -0.117. The van der Waals surface area contributed by atoms with Gasteiger partial charge in [-0.1, -0.05) is 0 Å². The van der Waals surface area contributed by atoms with Crippen molar-refractivity contribution in [3.05, 3.63) is 35.7 Å². The molecule has 0 spiro atoms. The summed E-state index contributed by atoms with van der Waals surface area (Å²) < 4.78 is 5.44. The Labute approximate surface area is 118 Å².